The number of aliphatic hydroxyl groups excluding tert-OH is 5. The molecule has 0 aromatic heterocycles. The Morgan fingerprint density at radius 2 is 1.57 bits per heavy atom. The molecule has 4 rings (SSSR count). The van der Waals surface area contributed by atoms with Crippen molar-refractivity contribution in [1.82, 2.24) is 21.3 Å². The van der Waals surface area contributed by atoms with Crippen LogP contribution in [0.3, 0.4) is 0 Å². The van der Waals surface area contributed by atoms with E-state index in [9.17, 15) is 54.6 Å². The van der Waals surface area contributed by atoms with Crippen LogP contribution in [0.1, 0.15) is 97.1 Å². The van der Waals surface area contributed by atoms with Crippen molar-refractivity contribution in [3.63, 3.8) is 0 Å². The highest BCUT2D eigenvalue weighted by Gasteiger charge is 2.51. The standard InChI is InChI=1S/C48H74N8O12/c1-7-9-11-16-38(59)50-33(21-23-37(49)58)43(62)54-41-28(5)68-48(67)40(27(3)4)53-44(63)35(25-30-17-19-31(57)20-18-30)55(6)47(66)36(26-29-14-12-10-13-15-29)56-39(60)24-22-34(46(56)65)52-42(61)32(8-2)51-45(41)64/h8,10,12-15,17-20,27-28,33-36,39-41,44,46-48,53,57,60,63,65-67H,7,9,11,16,21-26H2,1-6H3,(H2,49,58)(H,50,59)(H,51,64)(H,52,61)(H,54,62)/p+3/b32-8-/t28-,33+,34+,35+,36+,39-,40+,41+,44-,46+,47+,48-/m1/s1. The SMILES string of the molecule is C/C=C1\NC(=O)[C@@H](NC(=O)[C@H](CCC(N)=O)NC(=O)CCCCC)[C@@H](C)O[C@@H](O)[C@H](C(C)C)[NH2+][C@H](O)[C@H](Cc2ccc(O)cc2)[NH+](C)[C@@H](O)[C@H](Cc2ccccc2)[NH+]2[C@H](O)CC[C@H](NC1=O)[C@@H]2O. The number of ether oxygens (including phenoxy) is 1. The summed E-state index contributed by atoms with van der Waals surface area (Å²) in [5, 5.41) is 82.7. The first-order chi connectivity index (χ1) is 32.2. The van der Waals surface area contributed by atoms with Gasteiger partial charge < -0.3 is 67.7 Å². The lowest BCUT2D eigenvalue weighted by atomic mass is 9.94. The summed E-state index contributed by atoms with van der Waals surface area (Å²) < 4.78 is 6.13. The van der Waals surface area contributed by atoms with Gasteiger partial charge in [-0.1, -0.05) is 82.2 Å². The van der Waals surface area contributed by atoms with Gasteiger partial charge in [-0.15, -0.1) is 0 Å². The molecule has 20 nitrogen and oxygen atoms in total. The monoisotopic (exact) mass is 958 g/mol. The van der Waals surface area contributed by atoms with Crippen LogP contribution in [0.15, 0.2) is 66.4 Å². The van der Waals surface area contributed by atoms with Crippen LogP contribution in [0.25, 0.3) is 0 Å². The number of benzene rings is 2. The van der Waals surface area contributed by atoms with Crippen molar-refractivity contribution in [2.75, 3.05) is 7.05 Å². The van der Waals surface area contributed by atoms with Crippen molar-refractivity contribution in [2.45, 2.75) is 172 Å². The average Bonchev–Trinajstić information content (AvgIpc) is 3.29. The van der Waals surface area contributed by atoms with E-state index < -0.39 is 109 Å². The molecule has 2 heterocycles. The van der Waals surface area contributed by atoms with Crippen LogP contribution < -0.4 is 42.1 Å². The maximum Gasteiger partial charge on any atom is 0.267 e. The molecule has 378 valence electrons. The van der Waals surface area contributed by atoms with Gasteiger partial charge >= 0.3 is 0 Å². The second-order valence-electron chi connectivity index (χ2n) is 18.6. The maximum absolute atomic E-state index is 14.4. The first kappa shape index (κ1) is 55.6. The molecule has 2 aromatic rings. The minimum Gasteiger partial charge on any atom is -0.508 e. The van der Waals surface area contributed by atoms with Gasteiger partial charge in [-0.3, -0.25) is 33.8 Å². The molecule has 2 fully saturated rings. The van der Waals surface area contributed by atoms with Crippen molar-refractivity contribution >= 4 is 29.5 Å². The Kier molecular flexibility index (Phi) is 21.8. The number of rotatable bonds is 15. The van der Waals surface area contributed by atoms with E-state index in [-0.39, 0.29) is 61.3 Å². The molecule has 2 saturated heterocycles. The zero-order valence-corrected chi connectivity index (χ0v) is 40.1. The van der Waals surface area contributed by atoms with Gasteiger partial charge in [0, 0.05) is 38.0 Å². The fourth-order valence-electron chi connectivity index (χ4n) is 9.08. The fourth-order valence-corrected chi connectivity index (χ4v) is 9.08. The lowest BCUT2D eigenvalue weighted by Gasteiger charge is -2.44. The number of fused-ring (bicyclic) bond motifs is 2. The number of nitrogens with one attached hydrogen (secondary N) is 6. The number of hydrogen-bond donors (Lipinski definition) is 14. The molecule has 20 heteroatoms. The molecule has 0 saturated carbocycles. The molecule has 0 spiro atoms. The molecule has 68 heavy (non-hydrogen) atoms. The lowest BCUT2D eigenvalue weighted by molar-refractivity contribution is -1.06. The molecule has 0 radical (unpaired) electrons. The van der Waals surface area contributed by atoms with Crippen LogP contribution in [0.5, 0.6) is 5.75 Å². The molecule has 2 aliphatic heterocycles. The highest BCUT2D eigenvalue weighted by Crippen LogP contribution is 2.16. The highest BCUT2D eigenvalue weighted by molar-refractivity contribution is 6.00. The summed E-state index contributed by atoms with van der Waals surface area (Å²) in [7, 11) is 1.68. The Morgan fingerprint density at radius 1 is 0.926 bits per heavy atom. The molecule has 2 aliphatic rings. The number of hydrogen-bond acceptors (Lipinski definition) is 12. The normalized spacial score (nSPS) is 31.1. The molecule has 2 aromatic carbocycles. The van der Waals surface area contributed by atoms with E-state index in [1.54, 1.807) is 33.0 Å². The van der Waals surface area contributed by atoms with Gasteiger partial charge in [-0.05, 0) is 56.4 Å². The molecular weight excluding hydrogens is 881 g/mol. The molecule has 14 atom stereocenters. The Balaban J connectivity index is 1.82. The number of carbonyl (C=O) groups excluding carboxylic acids is 5. The van der Waals surface area contributed by atoms with Crippen molar-refractivity contribution in [3.05, 3.63) is 77.5 Å². The van der Waals surface area contributed by atoms with Crippen molar-refractivity contribution in [1.29, 1.82) is 0 Å². The predicted molar refractivity (Wildman–Crippen MR) is 248 cm³/mol. The summed E-state index contributed by atoms with van der Waals surface area (Å²) in [5.41, 5.74) is 6.62. The number of carbonyl (C=O) groups is 5. The molecule has 5 amide bonds. The number of nitrogens with two attached hydrogens (primary N) is 2. The third-order valence-electron chi connectivity index (χ3n) is 13.2. The smallest absolute Gasteiger partial charge is 0.267 e. The van der Waals surface area contributed by atoms with E-state index in [0.29, 0.717) is 16.9 Å². The zero-order valence-electron chi connectivity index (χ0n) is 40.1. The Morgan fingerprint density at radius 3 is 2.19 bits per heavy atom. The molecular formula is C48H77N8O12+3. The second-order valence-corrected chi connectivity index (χ2v) is 18.6. The number of primary amides is 1. The minimum absolute atomic E-state index is 0.0238. The summed E-state index contributed by atoms with van der Waals surface area (Å²) in [5.74, 6) is -4.21. The van der Waals surface area contributed by atoms with E-state index >= 15 is 0 Å². The summed E-state index contributed by atoms with van der Waals surface area (Å²) in [4.78, 5) is 67.8. The number of allylic oxidation sites excluding steroid dienone is 1. The van der Waals surface area contributed by atoms with E-state index in [4.69, 9.17) is 10.5 Å². The van der Waals surface area contributed by atoms with Crippen LogP contribution in [0.2, 0.25) is 0 Å². The van der Waals surface area contributed by atoms with Crippen LogP contribution in [-0.2, 0) is 41.6 Å². The Labute approximate surface area is 398 Å². The zero-order chi connectivity index (χ0) is 50.2. The van der Waals surface area contributed by atoms with Crippen molar-refractivity contribution in [3.8, 4) is 5.75 Å². The van der Waals surface area contributed by atoms with Gasteiger partial charge in [-0.2, -0.15) is 0 Å². The number of piperidine rings is 1. The number of aliphatic hydroxyl groups is 5. The lowest BCUT2D eigenvalue weighted by Crippen LogP contribution is -3.32. The number of amides is 5. The molecule has 16 N–H and O–H groups in total. The summed E-state index contributed by atoms with van der Waals surface area (Å²) >= 11 is 0. The number of aromatic hydroxyl groups is 1. The van der Waals surface area contributed by atoms with Gasteiger partial charge in [0.25, 0.3) is 5.91 Å². The maximum atomic E-state index is 14.4. The topological polar surface area (TPSA) is 316 Å². The minimum atomic E-state index is -1.71. The third kappa shape index (κ3) is 15.8. The largest absolute Gasteiger partial charge is 0.508 e. The first-order valence-electron chi connectivity index (χ1n) is 23.8. The number of phenolic OH excluding ortho intramolecular Hbond substituents is 1. The summed E-state index contributed by atoms with van der Waals surface area (Å²) in [6.45, 7) is 8.44. The van der Waals surface area contributed by atoms with Gasteiger partial charge in [0.1, 0.15) is 35.6 Å². The van der Waals surface area contributed by atoms with Gasteiger partial charge in [-0.25, -0.2) is 0 Å². The molecule has 0 aliphatic carbocycles. The highest BCUT2D eigenvalue weighted by atomic mass is 16.6. The van der Waals surface area contributed by atoms with Gasteiger partial charge in [0.05, 0.1) is 13.2 Å². The fraction of sp³-hybridized carbons (Fsp3) is 0.604. The van der Waals surface area contributed by atoms with Gasteiger partial charge in [0.15, 0.2) is 18.3 Å². The Hall–Kier alpha value is -5.03. The number of phenols is 1. The van der Waals surface area contributed by atoms with Crippen LogP contribution in [0, 0.1) is 5.92 Å². The van der Waals surface area contributed by atoms with Crippen LogP contribution >= 0.6 is 0 Å². The summed E-state index contributed by atoms with van der Waals surface area (Å²) in [6.07, 6.45) is -4.86. The summed E-state index contributed by atoms with van der Waals surface area (Å²) in [6, 6.07) is 8.87. The molecule has 2 unspecified atom stereocenters. The number of likely N-dealkylation sites (N-methyl/N-ethyl adjacent to an activating group) is 1. The second kappa shape index (κ2) is 26.7. The van der Waals surface area contributed by atoms with E-state index in [1.165, 1.54) is 37.4 Å². The van der Waals surface area contributed by atoms with Crippen LogP contribution in [-0.4, -0.2) is 141 Å². The Bertz CT molecular complexity index is 1980. The van der Waals surface area contributed by atoms with E-state index in [0.717, 1.165) is 18.4 Å². The van der Waals surface area contributed by atoms with E-state index in [1.807, 2.05) is 37.3 Å². The first-order valence-corrected chi connectivity index (χ1v) is 23.8. The van der Waals surface area contributed by atoms with E-state index in [2.05, 4.69) is 21.3 Å². The number of quaternary nitrogens is 3. The van der Waals surface area contributed by atoms with Gasteiger partial charge in [0.2, 0.25) is 48.6 Å². The molecule has 2 bridgehead atoms. The van der Waals surface area contributed by atoms with Crippen molar-refractivity contribution in [2.24, 2.45) is 11.7 Å². The average molecular weight is 958 g/mol. The third-order valence-corrected chi connectivity index (χ3v) is 13.2. The quantitative estimate of drug-likeness (QED) is 0.0601. The van der Waals surface area contributed by atoms with Crippen molar-refractivity contribution < 1.29 is 74.5 Å². The predicted octanol–water partition coefficient (Wildman–Crippen LogP) is -3.97. The van der Waals surface area contributed by atoms with Crippen LogP contribution in [0.4, 0.5) is 0 Å². The number of unbranched alkanes of at least 4 members (excludes halogenated alkanes) is 2.